The molecule has 0 radical (unpaired) electrons. The van der Waals surface area contributed by atoms with Gasteiger partial charge in [-0.2, -0.15) is 74.6 Å². The second-order valence-corrected chi connectivity index (χ2v) is 20.5. The summed E-state index contributed by atoms with van der Waals surface area (Å²) in [5.74, 6) is -59.8. The van der Waals surface area contributed by atoms with Gasteiger partial charge in [-0.05, 0) is 53.9 Å². The summed E-state index contributed by atoms with van der Waals surface area (Å²) in [6.07, 6.45) is -9.22. The van der Waals surface area contributed by atoms with E-state index in [1.807, 2.05) is 0 Å². The molecule has 69 heavy (non-hydrogen) atoms. The van der Waals surface area contributed by atoms with Crippen molar-refractivity contribution in [2.75, 3.05) is 32.2 Å². The number of allylic oxidation sites excluding steroid dienone is 2. The number of nitrogens with one attached hydrogen (secondary N) is 1. The fourth-order valence-electron chi connectivity index (χ4n) is 6.47. The molecule has 1 N–H and O–H groups in total. The number of halogens is 19. The third-order valence-electron chi connectivity index (χ3n) is 10.4. The first-order chi connectivity index (χ1) is 31.4. The zero-order valence-corrected chi connectivity index (χ0v) is 37.7. The number of methoxy groups -OCH3 is 1. The van der Waals surface area contributed by atoms with Crippen molar-refractivity contribution in [2.24, 2.45) is 0 Å². The van der Waals surface area contributed by atoms with Crippen LogP contribution in [0.5, 0.6) is 5.75 Å². The highest BCUT2D eigenvalue weighted by Gasteiger charge is 2.95. The van der Waals surface area contributed by atoms with Crippen LogP contribution in [0.1, 0.15) is 52.7 Å². The zero-order chi connectivity index (χ0) is 53.4. The van der Waals surface area contributed by atoms with E-state index in [0.29, 0.717) is 6.07 Å². The molecule has 0 saturated carbocycles. The van der Waals surface area contributed by atoms with Crippen molar-refractivity contribution in [2.45, 2.75) is 118 Å². The predicted octanol–water partition coefficient (Wildman–Crippen LogP) is 13.5. The summed E-state index contributed by atoms with van der Waals surface area (Å²) in [5, 5.41) is 2.10. The smallest absolute Gasteiger partial charge is 0.460 e. The molecule has 0 fully saturated rings. The van der Waals surface area contributed by atoms with Gasteiger partial charge in [-0.3, -0.25) is 5.32 Å². The van der Waals surface area contributed by atoms with Gasteiger partial charge in [0.25, 0.3) is 0 Å². The number of carbonyl (C=O) groups is 2. The fourth-order valence-corrected chi connectivity index (χ4v) is 10.9. The Labute approximate surface area is 382 Å². The van der Waals surface area contributed by atoms with E-state index in [9.17, 15) is 84.2 Å². The number of rotatable bonds is 25. The normalized spacial score (nSPS) is 15.0. The van der Waals surface area contributed by atoms with Gasteiger partial charge in [0.05, 0.1) is 18.9 Å². The molecule has 0 heterocycles. The van der Waals surface area contributed by atoms with Gasteiger partial charge in [0.1, 0.15) is 30.1 Å². The van der Waals surface area contributed by atoms with Crippen LogP contribution in [0.4, 0.5) is 93.9 Å². The standard InChI is InChI=1S/C41H44F19NO7Si/c1-7-65-31(62)11-9-8-10-30(64-6)32(68-33(63)61-29-17-14-26(42)22-28(29)43)25-12-15-27(16-13-25)66-19-20-67-69(23(2)3,24(4)5)21-18-34(44,45)35(46,47)36(48,49)37(50,51)38(52,53)39(54,55)40(56,57)41(58,59)60/h8-17,22-24,30,32H,7,18-21H2,1-6H3,(H,61,63)/b10-8+,11-9+/t30-,32-/m0/s1. The topological polar surface area (TPSA) is 92.3 Å². The molecule has 0 aliphatic heterocycles. The molecule has 2 atom stereocenters. The molecule has 8 nitrogen and oxygen atoms in total. The van der Waals surface area contributed by atoms with E-state index in [1.165, 1.54) is 77.3 Å². The molecule has 0 aromatic heterocycles. The largest absolute Gasteiger partial charge is 0.491 e. The van der Waals surface area contributed by atoms with Gasteiger partial charge in [0.2, 0.25) is 0 Å². The van der Waals surface area contributed by atoms with Crippen molar-refractivity contribution >= 4 is 26.1 Å². The lowest BCUT2D eigenvalue weighted by atomic mass is 9.88. The van der Waals surface area contributed by atoms with E-state index in [0.717, 1.165) is 18.2 Å². The van der Waals surface area contributed by atoms with Crippen molar-refractivity contribution in [3.63, 3.8) is 0 Å². The number of amides is 1. The Kier molecular flexibility index (Phi) is 19.7. The number of anilines is 1. The monoisotopic (exact) mass is 1050 g/mol. The Morgan fingerprint density at radius 1 is 0.696 bits per heavy atom. The Balaban J connectivity index is 2.35. The third kappa shape index (κ3) is 12.8. The number of benzene rings is 2. The summed E-state index contributed by atoms with van der Waals surface area (Å²) in [6.45, 7) is 5.67. The van der Waals surface area contributed by atoms with Crippen LogP contribution in [0.3, 0.4) is 0 Å². The summed E-state index contributed by atoms with van der Waals surface area (Å²) in [4.78, 5) is 24.6. The van der Waals surface area contributed by atoms with Crippen molar-refractivity contribution in [3.05, 3.63) is 84.0 Å². The van der Waals surface area contributed by atoms with Crippen molar-refractivity contribution in [1.29, 1.82) is 0 Å². The summed E-state index contributed by atoms with van der Waals surface area (Å²) < 4.78 is 291. The maximum Gasteiger partial charge on any atom is 0.460 e. The highest BCUT2D eigenvalue weighted by molar-refractivity contribution is 6.76. The van der Waals surface area contributed by atoms with E-state index in [4.69, 9.17) is 23.4 Å². The van der Waals surface area contributed by atoms with Crippen LogP contribution >= 0.6 is 0 Å². The summed E-state index contributed by atoms with van der Waals surface area (Å²) >= 11 is 0. The molecule has 2 aromatic rings. The predicted molar refractivity (Wildman–Crippen MR) is 209 cm³/mol. The lowest BCUT2D eigenvalue weighted by Gasteiger charge is -2.44. The first kappa shape index (κ1) is 60.4. The molecule has 392 valence electrons. The first-order valence-corrected chi connectivity index (χ1v) is 22.2. The fraction of sp³-hybridized carbons (Fsp3) is 0.561. The average molecular weight is 1050 g/mol. The molecule has 0 spiro atoms. The first-order valence-electron chi connectivity index (χ1n) is 19.9. The Hall–Kier alpha value is -4.73. The Morgan fingerprint density at radius 3 is 1.70 bits per heavy atom. The van der Waals surface area contributed by atoms with Gasteiger partial charge in [-0.1, -0.05) is 58.1 Å². The average Bonchev–Trinajstić information content (AvgIpc) is 3.23. The highest BCUT2D eigenvalue weighted by atomic mass is 28.4. The molecular formula is C41H44F19NO7Si. The van der Waals surface area contributed by atoms with E-state index < -0.39 is 134 Å². The van der Waals surface area contributed by atoms with Crippen LogP contribution in [0, 0.1) is 11.6 Å². The number of hydrogen-bond acceptors (Lipinski definition) is 7. The molecule has 0 unspecified atom stereocenters. The minimum atomic E-state index is -8.73. The maximum absolute atomic E-state index is 15.0. The van der Waals surface area contributed by atoms with E-state index in [2.05, 4.69) is 5.32 Å². The maximum atomic E-state index is 15.0. The molecule has 28 heteroatoms. The highest BCUT2D eigenvalue weighted by Crippen LogP contribution is 2.64. The van der Waals surface area contributed by atoms with Crippen LogP contribution in [-0.2, 0) is 23.4 Å². The molecule has 1 amide bonds. The molecule has 2 rings (SSSR count). The minimum absolute atomic E-state index is 0.00637. The SMILES string of the molecule is CCOC(=O)/C=C/C=C/[C@H](OC)[C@@H](OC(=O)Nc1ccc(F)cc1F)c1ccc(OCCO[Si](CCC(F)(F)C(F)(F)C(F)(F)C(F)(F)C(F)(F)C(F)(F)C(F)(F)C(F)(F)F)(C(C)C)C(C)C)cc1. The van der Waals surface area contributed by atoms with Gasteiger partial charge in [-0.15, -0.1) is 0 Å². The van der Waals surface area contributed by atoms with Gasteiger partial charge in [0, 0.05) is 25.7 Å². The third-order valence-corrected chi connectivity index (χ3v) is 16.1. The van der Waals surface area contributed by atoms with Crippen molar-refractivity contribution in [3.8, 4) is 5.75 Å². The second-order valence-electron chi connectivity index (χ2n) is 15.5. The van der Waals surface area contributed by atoms with Crippen LogP contribution in [0.2, 0.25) is 17.1 Å². The van der Waals surface area contributed by atoms with E-state index >= 15 is 8.78 Å². The number of carbonyl (C=O) groups excluding carboxylic acids is 2. The van der Waals surface area contributed by atoms with Crippen molar-refractivity contribution in [1.82, 2.24) is 0 Å². The lowest BCUT2D eigenvalue weighted by molar-refractivity contribution is -0.461. The second kappa shape index (κ2) is 22.6. The summed E-state index contributed by atoms with van der Waals surface area (Å²) in [5.41, 5.74) is -2.17. The van der Waals surface area contributed by atoms with Gasteiger partial charge in [-0.25, -0.2) is 18.4 Å². The number of hydrogen-bond donors (Lipinski definition) is 1. The van der Waals surface area contributed by atoms with E-state index in [-0.39, 0.29) is 17.9 Å². The molecule has 2 aromatic carbocycles. The van der Waals surface area contributed by atoms with Crippen LogP contribution < -0.4 is 10.1 Å². The number of esters is 1. The molecule has 0 bridgehead atoms. The summed E-state index contributed by atoms with van der Waals surface area (Å²) in [6, 6.07) is 6.06. The molecule has 0 saturated heterocycles. The molecule has 0 aliphatic carbocycles. The minimum Gasteiger partial charge on any atom is -0.491 e. The number of alkyl halides is 17. The molecular weight excluding hydrogens is 1010 g/mol. The zero-order valence-electron chi connectivity index (χ0n) is 36.7. The van der Waals surface area contributed by atoms with Gasteiger partial charge < -0.3 is 23.4 Å². The molecule has 0 aliphatic rings. The number of ether oxygens (including phenoxy) is 4. The van der Waals surface area contributed by atoms with Gasteiger partial charge in [0.15, 0.2) is 14.4 Å². The summed E-state index contributed by atoms with van der Waals surface area (Å²) in [7, 11) is -2.87. The Bertz CT molecular complexity index is 2070. The Morgan fingerprint density at radius 2 is 1.22 bits per heavy atom. The van der Waals surface area contributed by atoms with E-state index in [1.54, 1.807) is 6.92 Å². The van der Waals surface area contributed by atoms with Crippen LogP contribution in [0.25, 0.3) is 0 Å². The van der Waals surface area contributed by atoms with Crippen molar-refractivity contribution < 1.29 is 116 Å². The van der Waals surface area contributed by atoms with Crippen LogP contribution in [0.15, 0.2) is 66.8 Å². The van der Waals surface area contributed by atoms with Crippen LogP contribution in [-0.4, -0.2) is 101 Å². The quantitative estimate of drug-likeness (QED) is 0.0264. The van der Waals surface area contributed by atoms with Gasteiger partial charge >= 0.3 is 59.7 Å². The lowest BCUT2D eigenvalue weighted by Crippen LogP contribution is -2.74.